The molecule has 1 saturated heterocycles. The van der Waals surface area contributed by atoms with Crippen LogP contribution in [-0.2, 0) is 16.0 Å². The summed E-state index contributed by atoms with van der Waals surface area (Å²) in [6, 6.07) is 10.3. The number of carbonyl (C=O) groups is 1. The number of fused-ring (bicyclic) bond motifs is 1. The standard InChI is InChI=1S/C25H30N4O4S/c1-18-21-23(30)26-20(27-24(21)34-22(18)25(31)33-16-15-32-2)17-29-13-11-28(12-14-29)10-6-9-19-7-4-3-5-8-19/h3-9H,10-17H2,1-2H3,(H,26,27,30)/b9-6+. The number of benzene rings is 1. The second-order valence-electron chi connectivity index (χ2n) is 8.27. The maximum atomic E-state index is 12.8. The van der Waals surface area contributed by atoms with Crippen molar-refractivity contribution < 1.29 is 14.3 Å². The summed E-state index contributed by atoms with van der Waals surface area (Å²) in [7, 11) is 1.55. The minimum Gasteiger partial charge on any atom is -0.459 e. The normalized spacial score (nSPS) is 15.4. The Morgan fingerprint density at radius 3 is 2.62 bits per heavy atom. The topological polar surface area (TPSA) is 87.8 Å². The average Bonchev–Trinajstić information content (AvgIpc) is 3.18. The van der Waals surface area contributed by atoms with Gasteiger partial charge in [-0.05, 0) is 18.1 Å². The molecule has 1 aliphatic rings. The Hall–Kier alpha value is -2.85. The summed E-state index contributed by atoms with van der Waals surface area (Å²) in [6.45, 7) is 7.48. The van der Waals surface area contributed by atoms with Gasteiger partial charge in [-0.3, -0.25) is 14.6 Å². The SMILES string of the molecule is COCCOC(=O)c1sc2nc(CN3CCN(C/C=C/c4ccccc4)CC3)[nH]c(=O)c2c1C. The molecule has 9 heteroatoms. The van der Waals surface area contributed by atoms with Crippen LogP contribution in [0, 0.1) is 6.92 Å². The zero-order valence-corrected chi connectivity index (χ0v) is 20.4. The van der Waals surface area contributed by atoms with Crippen molar-refractivity contribution in [3.8, 4) is 0 Å². The van der Waals surface area contributed by atoms with Gasteiger partial charge in [-0.25, -0.2) is 9.78 Å². The van der Waals surface area contributed by atoms with Gasteiger partial charge in [-0.2, -0.15) is 0 Å². The number of aryl methyl sites for hydroxylation is 1. The molecular weight excluding hydrogens is 452 g/mol. The average molecular weight is 483 g/mol. The van der Waals surface area contributed by atoms with Crippen molar-refractivity contribution in [2.45, 2.75) is 13.5 Å². The molecule has 3 heterocycles. The van der Waals surface area contributed by atoms with Gasteiger partial charge in [0.1, 0.15) is 22.1 Å². The second-order valence-corrected chi connectivity index (χ2v) is 9.27. The highest BCUT2D eigenvalue weighted by Crippen LogP contribution is 2.27. The number of nitrogens with one attached hydrogen (secondary N) is 1. The molecule has 0 bridgehead atoms. The molecule has 2 aromatic heterocycles. The Balaban J connectivity index is 1.35. The summed E-state index contributed by atoms with van der Waals surface area (Å²) in [5.74, 6) is 0.173. The van der Waals surface area contributed by atoms with E-state index in [0.29, 0.717) is 39.6 Å². The number of aromatic nitrogens is 2. The number of methoxy groups -OCH3 is 1. The summed E-state index contributed by atoms with van der Waals surface area (Å²) in [5.41, 5.74) is 1.61. The van der Waals surface area contributed by atoms with Crippen LogP contribution in [0.5, 0.6) is 0 Å². The predicted molar refractivity (Wildman–Crippen MR) is 134 cm³/mol. The molecule has 0 amide bonds. The van der Waals surface area contributed by atoms with E-state index in [-0.39, 0.29) is 12.2 Å². The summed E-state index contributed by atoms with van der Waals surface area (Å²) < 4.78 is 10.1. The first-order chi connectivity index (χ1) is 16.5. The Morgan fingerprint density at radius 1 is 1.15 bits per heavy atom. The molecule has 1 aliphatic heterocycles. The molecule has 4 rings (SSSR count). The maximum absolute atomic E-state index is 12.8. The van der Waals surface area contributed by atoms with Crippen LogP contribution < -0.4 is 5.56 Å². The van der Waals surface area contributed by atoms with Gasteiger partial charge in [0.15, 0.2) is 0 Å². The summed E-state index contributed by atoms with van der Waals surface area (Å²) in [5, 5.41) is 0.461. The molecule has 180 valence electrons. The lowest BCUT2D eigenvalue weighted by molar-refractivity contribution is 0.0393. The lowest BCUT2D eigenvalue weighted by atomic mass is 10.2. The largest absolute Gasteiger partial charge is 0.459 e. The first-order valence-corrected chi connectivity index (χ1v) is 12.2. The monoisotopic (exact) mass is 482 g/mol. The third-order valence-corrected chi connectivity index (χ3v) is 7.03. The first-order valence-electron chi connectivity index (χ1n) is 11.4. The quantitative estimate of drug-likeness (QED) is 0.371. The van der Waals surface area contributed by atoms with Crippen molar-refractivity contribution in [2.24, 2.45) is 0 Å². The first kappa shape index (κ1) is 24.3. The van der Waals surface area contributed by atoms with Gasteiger partial charge in [-0.1, -0.05) is 42.5 Å². The van der Waals surface area contributed by atoms with E-state index in [1.54, 1.807) is 14.0 Å². The fourth-order valence-corrected chi connectivity index (χ4v) is 5.08. The lowest BCUT2D eigenvalue weighted by Crippen LogP contribution is -2.46. The van der Waals surface area contributed by atoms with Crippen LogP contribution in [0.15, 0.2) is 41.2 Å². The van der Waals surface area contributed by atoms with Crippen molar-refractivity contribution in [1.82, 2.24) is 19.8 Å². The number of hydrogen-bond acceptors (Lipinski definition) is 8. The number of carbonyl (C=O) groups excluding carboxylic acids is 1. The fourth-order valence-electron chi connectivity index (χ4n) is 3.99. The molecule has 1 aromatic carbocycles. The number of H-pyrrole nitrogens is 1. The summed E-state index contributed by atoms with van der Waals surface area (Å²) in [4.78, 5) is 38.4. The van der Waals surface area contributed by atoms with Gasteiger partial charge < -0.3 is 14.5 Å². The molecule has 1 fully saturated rings. The third kappa shape index (κ3) is 5.98. The van der Waals surface area contributed by atoms with Gasteiger partial charge >= 0.3 is 5.97 Å². The van der Waals surface area contributed by atoms with E-state index < -0.39 is 5.97 Å². The predicted octanol–water partition coefficient (Wildman–Crippen LogP) is 2.93. The molecule has 0 spiro atoms. The Kier molecular flexibility index (Phi) is 8.23. The molecule has 0 radical (unpaired) electrons. The van der Waals surface area contributed by atoms with Crippen LogP contribution in [0.4, 0.5) is 0 Å². The van der Waals surface area contributed by atoms with Crippen molar-refractivity contribution in [2.75, 3.05) is 53.0 Å². The smallest absolute Gasteiger partial charge is 0.348 e. The molecule has 0 unspecified atom stereocenters. The Bertz CT molecular complexity index is 1200. The van der Waals surface area contributed by atoms with E-state index in [9.17, 15) is 9.59 Å². The van der Waals surface area contributed by atoms with E-state index in [0.717, 1.165) is 32.7 Å². The van der Waals surface area contributed by atoms with Crippen molar-refractivity contribution >= 4 is 33.6 Å². The van der Waals surface area contributed by atoms with Gasteiger partial charge in [0.25, 0.3) is 5.56 Å². The molecule has 1 N–H and O–H groups in total. The number of aromatic amines is 1. The molecule has 0 saturated carbocycles. The van der Waals surface area contributed by atoms with Gasteiger partial charge in [0.05, 0.1) is 18.5 Å². The van der Waals surface area contributed by atoms with Crippen molar-refractivity contribution in [1.29, 1.82) is 0 Å². The van der Waals surface area contributed by atoms with Crippen LogP contribution >= 0.6 is 11.3 Å². The molecule has 34 heavy (non-hydrogen) atoms. The van der Waals surface area contributed by atoms with Gasteiger partial charge in [0, 0.05) is 39.8 Å². The van der Waals surface area contributed by atoms with Crippen LogP contribution in [0.25, 0.3) is 16.3 Å². The van der Waals surface area contributed by atoms with E-state index in [1.165, 1.54) is 16.9 Å². The van der Waals surface area contributed by atoms with Gasteiger partial charge in [0.2, 0.25) is 0 Å². The zero-order chi connectivity index (χ0) is 23.9. The summed E-state index contributed by atoms with van der Waals surface area (Å²) >= 11 is 1.21. The lowest BCUT2D eigenvalue weighted by Gasteiger charge is -2.33. The van der Waals surface area contributed by atoms with E-state index >= 15 is 0 Å². The number of esters is 1. The molecular formula is C25H30N4O4S. The van der Waals surface area contributed by atoms with Crippen LogP contribution in [-0.4, -0.2) is 78.8 Å². The maximum Gasteiger partial charge on any atom is 0.348 e. The number of hydrogen-bond donors (Lipinski definition) is 1. The van der Waals surface area contributed by atoms with E-state index in [2.05, 4.69) is 44.1 Å². The van der Waals surface area contributed by atoms with Crippen LogP contribution in [0.2, 0.25) is 0 Å². The number of ether oxygens (including phenoxy) is 2. The molecule has 0 aliphatic carbocycles. The minimum atomic E-state index is -0.448. The Labute approximate surface area is 202 Å². The minimum absolute atomic E-state index is 0.173. The van der Waals surface area contributed by atoms with Gasteiger partial charge in [-0.15, -0.1) is 11.3 Å². The van der Waals surface area contributed by atoms with Crippen molar-refractivity contribution in [3.05, 3.63) is 68.6 Å². The second kappa shape index (κ2) is 11.5. The molecule has 8 nitrogen and oxygen atoms in total. The number of nitrogens with zero attached hydrogens (tertiary/aromatic N) is 3. The van der Waals surface area contributed by atoms with Crippen molar-refractivity contribution in [3.63, 3.8) is 0 Å². The molecule has 3 aromatic rings. The van der Waals surface area contributed by atoms with E-state index in [1.807, 2.05) is 18.2 Å². The third-order valence-electron chi connectivity index (χ3n) is 5.87. The van der Waals surface area contributed by atoms with E-state index in [4.69, 9.17) is 9.47 Å². The number of piperazine rings is 1. The highest BCUT2D eigenvalue weighted by molar-refractivity contribution is 7.20. The number of thiophene rings is 1. The molecule has 0 atom stereocenters. The van der Waals surface area contributed by atoms with Crippen LogP contribution in [0.3, 0.4) is 0 Å². The van der Waals surface area contributed by atoms with Crippen LogP contribution in [0.1, 0.15) is 26.6 Å². The summed E-state index contributed by atoms with van der Waals surface area (Å²) in [6.07, 6.45) is 4.36. The fraction of sp³-hybridized carbons (Fsp3) is 0.400. The zero-order valence-electron chi connectivity index (χ0n) is 19.6. The number of rotatable bonds is 9. The highest BCUT2D eigenvalue weighted by Gasteiger charge is 2.22. The highest BCUT2D eigenvalue weighted by atomic mass is 32.1. The Morgan fingerprint density at radius 2 is 1.88 bits per heavy atom.